The van der Waals surface area contributed by atoms with Crippen LogP contribution in [0.4, 0.5) is 34.1 Å². The van der Waals surface area contributed by atoms with Crippen LogP contribution in [-0.4, -0.2) is 4.57 Å². The van der Waals surface area contributed by atoms with Gasteiger partial charge in [0.25, 0.3) is 0 Å². The molecule has 0 unspecified atom stereocenters. The van der Waals surface area contributed by atoms with E-state index in [1.165, 1.54) is 187 Å². The fourth-order valence-electron chi connectivity index (χ4n) is 24.3. The standard InChI is InChI=1S/C104H83N3/c1-2-19-70(20-3-1)71-37-45-82(46-38-71)106(84-50-52-91-89-27-7-13-32-96(89)104(98(91)65-84)78-59-68-54-69(61-78)62-79(104)60-68)100-34-15-9-28-92(100)87-25-5-4-23-85(87)75-22-18-21-74(63-75)72-39-43-80(44-40-72)105(83-49-51-90-88-26-6-12-31-95(88)103(97(90)64-83)76-55-66-53-67(57-76)58-77(103)56-66)81-47-41-73(42-48-81)86-24-8-14-33-99(86)107-101-35-16-10-29-93(101)94-30-11-17-36-102(94)107/h1-52,63-69,76-79H,53-62H2. The number of nitrogens with zero attached hydrogens (tertiary/aromatic N) is 3. The zero-order chi connectivity index (χ0) is 70.1. The Labute approximate surface area is 628 Å². The van der Waals surface area contributed by atoms with Crippen LogP contribution in [0.15, 0.2) is 334 Å². The monoisotopic (exact) mass is 1370 g/mol. The van der Waals surface area contributed by atoms with Gasteiger partial charge in [0.2, 0.25) is 0 Å². The van der Waals surface area contributed by atoms with Crippen LogP contribution in [0.3, 0.4) is 0 Å². The lowest BCUT2D eigenvalue weighted by atomic mass is 9.43. The second-order valence-corrected chi connectivity index (χ2v) is 33.1. The molecule has 8 bridgehead atoms. The average molecular weight is 1370 g/mol. The molecule has 514 valence electrons. The molecule has 8 saturated carbocycles. The van der Waals surface area contributed by atoms with Crippen molar-refractivity contribution in [3.8, 4) is 83.6 Å². The molecule has 2 spiro atoms. The number of para-hydroxylation sites is 4. The maximum absolute atomic E-state index is 2.66. The van der Waals surface area contributed by atoms with Gasteiger partial charge in [-0.05, 0) is 292 Å². The second-order valence-electron chi connectivity index (χ2n) is 33.1. The lowest BCUT2D eigenvalue weighted by Gasteiger charge is -2.61. The van der Waals surface area contributed by atoms with E-state index >= 15 is 0 Å². The highest BCUT2D eigenvalue weighted by atomic mass is 15.2. The average Bonchev–Trinajstić information content (AvgIpc) is 1.54. The molecular formula is C104H83N3. The summed E-state index contributed by atoms with van der Waals surface area (Å²) in [5.74, 6) is 6.16. The third-order valence-corrected chi connectivity index (χ3v) is 28.0. The zero-order valence-corrected chi connectivity index (χ0v) is 60.3. The van der Waals surface area contributed by atoms with Gasteiger partial charge in [0, 0.05) is 61.2 Å². The molecule has 107 heavy (non-hydrogen) atoms. The minimum atomic E-state index is 0.0405. The first kappa shape index (κ1) is 61.8. The van der Waals surface area contributed by atoms with Crippen LogP contribution in [0, 0.1) is 47.3 Å². The van der Waals surface area contributed by atoms with Crippen molar-refractivity contribution in [1.29, 1.82) is 0 Å². The van der Waals surface area contributed by atoms with E-state index in [0.717, 1.165) is 40.7 Å². The number of hydrogen-bond donors (Lipinski definition) is 0. The van der Waals surface area contributed by atoms with Crippen molar-refractivity contribution in [1.82, 2.24) is 4.57 Å². The molecule has 25 rings (SSSR count). The minimum Gasteiger partial charge on any atom is -0.310 e. The Morgan fingerprint density at radius 1 is 0.224 bits per heavy atom. The highest BCUT2D eigenvalue weighted by molar-refractivity contribution is 6.10. The van der Waals surface area contributed by atoms with Crippen LogP contribution in [0.25, 0.3) is 105 Å². The lowest BCUT2D eigenvalue weighted by Crippen LogP contribution is -2.55. The Bertz CT molecular complexity index is 5940. The van der Waals surface area contributed by atoms with Gasteiger partial charge in [0.15, 0.2) is 0 Å². The largest absolute Gasteiger partial charge is 0.310 e. The predicted molar refractivity (Wildman–Crippen MR) is 444 cm³/mol. The van der Waals surface area contributed by atoms with Crippen molar-refractivity contribution in [2.75, 3.05) is 9.80 Å². The van der Waals surface area contributed by atoms with Crippen molar-refractivity contribution in [2.24, 2.45) is 47.3 Å². The van der Waals surface area contributed by atoms with Crippen LogP contribution in [0.5, 0.6) is 0 Å². The molecule has 0 aliphatic heterocycles. The summed E-state index contributed by atoms with van der Waals surface area (Å²) in [4.78, 5) is 5.13. The van der Waals surface area contributed by atoms with Gasteiger partial charge >= 0.3 is 0 Å². The quantitative estimate of drug-likeness (QED) is 0.121. The van der Waals surface area contributed by atoms with Gasteiger partial charge in [0.05, 0.1) is 22.4 Å². The number of rotatable bonds is 12. The first-order valence-electron chi connectivity index (χ1n) is 39.8. The van der Waals surface area contributed by atoms with Gasteiger partial charge in [-0.2, -0.15) is 0 Å². The summed E-state index contributed by atoms with van der Waals surface area (Å²) in [5, 5.41) is 2.54. The van der Waals surface area contributed by atoms with Crippen LogP contribution in [0.1, 0.15) is 86.5 Å². The van der Waals surface area contributed by atoms with E-state index in [4.69, 9.17) is 0 Å². The fraction of sp³-hybridized carbons (Fsp3) is 0.192. The smallest absolute Gasteiger partial charge is 0.0541 e. The van der Waals surface area contributed by atoms with Crippen LogP contribution in [0.2, 0.25) is 0 Å². The summed E-state index contributed by atoms with van der Waals surface area (Å²) in [6.45, 7) is 0. The van der Waals surface area contributed by atoms with E-state index in [1.54, 1.807) is 22.3 Å². The molecule has 0 amide bonds. The lowest BCUT2D eigenvalue weighted by molar-refractivity contribution is -0.0399. The first-order chi connectivity index (χ1) is 53.0. The van der Waals surface area contributed by atoms with E-state index in [0.29, 0.717) is 23.7 Å². The molecule has 10 aliphatic rings. The SMILES string of the molecule is c1ccc(-c2ccc(N(c3ccc4c(c3)C3(c5ccccc5-4)C4CC5CC(C4)CC3C5)c3ccccc3-c3ccccc3-c3cccc(-c4ccc(N(c5ccc(-c6ccccc6-n6c7ccccc7c7ccccc76)cc5)c5ccc6c(c5)C5(c7ccccc7-6)C6CC7CC(C6)CC5C7)cc4)c3)cc2)cc1. The van der Waals surface area contributed by atoms with Gasteiger partial charge in [0.1, 0.15) is 0 Å². The molecule has 10 aliphatic carbocycles. The number of hydrogen-bond acceptors (Lipinski definition) is 2. The van der Waals surface area contributed by atoms with E-state index in [-0.39, 0.29) is 10.8 Å². The Hall–Kier alpha value is -11.5. The number of benzene rings is 14. The third kappa shape index (κ3) is 9.26. The normalized spacial score (nSPS) is 23.4. The van der Waals surface area contributed by atoms with Crippen LogP contribution in [-0.2, 0) is 10.8 Å². The van der Waals surface area contributed by atoms with Crippen molar-refractivity contribution < 1.29 is 0 Å². The van der Waals surface area contributed by atoms with Gasteiger partial charge in [-0.1, -0.05) is 243 Å². The van der Waals surface area contributed by atoms with E-state index in [2.05, 4.69) is 348 Å². The summed E-state index contributed by atoms with van der Waals surface area (Å²) < 4.78 is 2.46. The van der Waals surface area contributed by atoms with E-state index < -0.39 is 0 Å². The van der Waals surface area contributed by atoms with E-state index in [1.807, 2.05) is 0 Å². The van der Waals surface area contributed by atoms with Crippen molar-refractivity contribution in [2.45, 2.75) is 75.0 Å². The van der Waals surface area contributed by atoms with Crippen LogP contribution >= 0.6 is 0 Å². The number of aromatic nitrogens is 1. The molecule has 1 aromatic heterocycles. The number of anilines is 6. The van der Waals surface area contributed by atoms with Gasteiger partial charge in [-0.15, -0.1) is 0 Å². The molecule has 8 fully saturated rings. The Morgan fingerprint density at radius 2 is 0.598 bits per heavy atom. The molecule has 3 nitrogen and oxygen atoms in total. The molecule has 1 heterocycles. The molecule has 0 atom stereocenters. The minimum absolute atomic E-state index is 0.0405. The number of fused-ring (bicyclic) bond motifs is 9. The molecule has 0 saturated heterocycles. The predicted octanol–water partition coefficient (Wildman–Crippen LogP) is 27.5. The maximum atomic E-state index is 2.66. The Balaban J connectivity index is 0.626. The van der Waals surface area contributed by atoms with Gasteiger partial charge in [-0.3, -0.25) is 0 Å². The molecular weight excluding hydrogens is 1290 g/mol. The van der Waals surface area contributed by atoms with Crippen molar-refractivity contribution in [3.05, 3.63) is 356 Å². The molecule has 3 heteroatoms. The summed E-state index contributed by atoms with van der Waals surface area (Å²) >= 11 is 0. The highest BCUT2D eigenvalue weighted by Gasteiger charge is 2.63. The fourth-order valence-corrected chi connectivity index (χ4v) is 24.3. The molecule has 0 N–H and O–H groups in total. The van der Waals surface area contributed by atoms with Crippen molar-refractivity contribution >= 4 is 55.9 Å². The second kappa shape index (κ2) is 24.0. The molecule has 14 aromatic carbocycles. The Kier molecular flexibility index (Phi) is 13.9. The molecule has 15 aromatic rings. The van der Waals surface area contributed by atoms with Gasteiger partial charge in [-0.25, -0.2) is 0 Å². The maximum Gasteiger partial charge on any atom is 0.0541 e. The third-order valence-electron chi connectivity index (χ3n) is 28.0. The van der Waals surface area contributed by atoms with E-state index in [9.17, 15) is 0 Å². The summed E-state index contributed by atoms with van der Waals surface area (Å²) in [5.41, 5.74) is 34.8. The zero-order valence-electron chi connectivity index (χ0n) is 60.3. The van der Waals surface area contributed by atoms with Crippen molar-refractivity contribution in [3.63, 3.8) is 0 Å². The van der Waals surface area contributed by atoms with Gasteiger partial charge < -0.3 is 14.4 Å². The Morgan fingerprint density at radius 3 is 1.15 bits per heavy atom. The summed E-state index contributed by atoms with van der Waals surface area (Å²) in [7, 11) is 0. The topological polar surface area (TPSA) is 11.4 Å². The summed E-state index contributed by atoms with van der Waals surface area (Å²) in [6, 6.07) is 128. The first-order valence-corrected chi connectivity index (χ1v) is 39.8. The summed E-state index contributed by atoms with van der Waals surface area (Å²) in [6.07, 6.45) is 13.7. The van der Waals surface area contributed by atoms with Crippen LogP contribution < -0.4 is 9.80 Å². The highest BCUT2D eigenvalue weighted by Crippen LogP contribution is 2.72. The molecule has 0 radical (unpaired) electrons.